The lowest BCUT2D eigenvalue weighted by molar-refractivity contribution is -0.136. The highest BCUT2D eigenvalue weighted by Gasteiger charge is 2.29. The Morgan fingerprint density at radius 2 is 1.59 bits per heavy atom. The number of thioether (sulfide) groups is 1. The van der Waals surface area contributed by atoms with E-state index >= 15 is 0 Å². The second kappa shape index (κ2) is 11.4. The first-order chi connectivity index (χ1) is 13.0. The molecule has 0 aliphatic carbocycles. The number of likely N-dealkylation sites (tertiary alicyclic amines) is 1. The minimum atomic E-state index is -0.670. The van der Waals surface area contributed by atoms with E-state index in [1.54, 1.807) is 16.7 Å². The van der Waals surface area contributed by atoms with Crippen LogP contribution in [0.1, 0.15) is 32.1 Å². The van der Waals surface area contributed by atoms with Crippen molar-refractivity contribution in [2.45, 2.75) is 38.1 Å². The van der Waals surface area contributed by atoms with Crippen molar-refractivity contribution >= 4 is 29.6 Å². The van der Waals surface area contributed by atoms with Gasteiger partial charge in [-0.3, -0.25) is 14.5 Å². The molecule has 2 fully saturated rings. The van der Waals surface area contributed by atoms with Crippen LogP contribution in [-0.2, 0) is 9.59 Å². The number of hydrogen-bond acceptors (Lipinski definition) is 5. The van der Waals surface area contributed by atoms with Gasteiger partial charge in [-0.25, -0.2) is 4.79 Å². The van der Waals surface area contributed by atoms with Crippen molar-refractivity contribution in [1.29, 1.82) is 0 Å². The van der Waals surface area contributed by atoms with Gasteiger partial charge < -0.3 is 20.9 Å². The molecule has 154 valence electrons. The van der Waals surface area contributed by atoms with Crippen molar-refractivity contribution in [1.82, 2.24) is 20.0 Å². The highest BCUT2D eigenvalue weighted by Crippen LogP contribution is 2.12. The molecule has 3 N–H and O–H groups in total. The maximum Gasteiger partial charge on any atom is 0.312 e. The summed E-state index contributed by atoms with van der Waals surface area (Å²) in [6.07, 6.45) is 7.14. The van der Waals surface area contributed by atoms with Crippen LogP contribution in [0.2, 0.25) is 0 Å². The summed E-state index contributed by atoms with van der Waals surface area (Å²) in [5.41, 5.74) is 5.21. The summed E-state index contributed by atoms with van der Waals surface area (Å²) < 4.78 is 0. The lowest BCUT2D eigenvalue weighted by atomic mass is 10.1. The molecular formula is C18H33N5O3S. The molecule has 1 unspecified atom stereocenters. The van der Waals surface area contributed by atoms with Gasteiger partial charge in [0.05, 0.1) is 6.54 Å². The van der Waals surface area contributed by atoms with Crippen LogP contribution in [-0.4, -0.2) is 96.4 Å². The zero-order valence-corrected chi connectivity index (χ0v) is 17.1. The molecule has 0 saturated carbocycles. The Morgan fingerprint density at radius 1 is 0.963 bits per heavy atom. The van der Waals surface area contributed by atoms with Gasteiger partial charge in [0.1, 0.15) is 6.04 Å². The van der Waals surface area contributed by atoms with E-state index in [2.05, 4.69) is 10.2 Å². The molecule has 1 atom stereocenters. The van der Waals surface area contributed by atoms with E-state index in [4.69, 9.17) is 5.73 Å². The zero-order chi connectivity index (χ0) is 19.6. The van der Waals surface area contributed by atoms with Crippen molar-refractivity contribution in [2.24, 2.45) is 5.73 Å². The maximum atomic E-state index is 12.7. The number of carbonyl (C=O) groups excluding carboxylic acids is 3. The predicted octanol–water partition coefficient (Wildman–Crippen LogP) is 0.323. The number of carbonyl (C=O) groups is 3. The van der Waals surface area contributed by atoms with E-state index in [9.17, 15) is 14.4 Å². The van der Waals surface area contributed by atoms with Crippen molar-refractivity contribution in [3.05, 3.63) is 0 Å². The molecule has 2 rings (SSSR count). The van der Waals surface area contributed by atoms with Gasteiger partial charge in [-0.15, -0.1) is 0 Å². The Kier molecular flexibility index (Phi) is 9.20. The van der Waals surface area contributed by atoms with Gasteiger partial charge >= 0.3 is 6.03 Å². The normalized spacial score (nSPS) is 20.0. The summed E-state index contributed by atoms with van der Waals surface area (Å²) in [7, 11) is 0. The summed E-state index contributed by atoms with van der Waals surface area (Å²) in [6, 6.07) is -1.24. The van der Waals surface area contributed by atoms with Crippen molar-refractivity contribution < 1.29 is 14.4 Å². The first-order valence-corrected chi connectivity index (χ1v) is 11.2. The van der Waals surface area contributed by atoms with E-state index in [1.165, 1.54) is 12.8 Å². The Bertz CT molecular complexity index is 503. The van der Waals surface area contributed by atoms with E-state index in [-0.39, 0.29) is 11.8 Å². The largest absolute Gasteiger partial charge is 0.352 e. The summed E-state index contributed by atoms with van der Waals surface area (Å²) in [4.78, 5) is 42.3. The van der Waals surface area contributed by atoms with Gasteiger partial charge in [0.25, 0.3) is 0 Å². The molecule has 0 aromatic heterocycles. The molecule has 0 aromatic rings. The molecule has 2 saturated heterocycles. The number of nitrogens with one attached hydrogen (secondary N) is 1. The smallest absolute Gasteiger partial charge is 0.312 e. The number of urea groups is 1. The first kappa shape index (κ1) is 21.8. The Hall–Kier alpha value is -1.48. The third-order valence-electron chi connectivity index (χ3n) is 5.23. The topological polar surface area (TPSA) is 99.0 Å². The lowest BCUT2D eigenvalue weighted by Gasteiger charge is -2.36. The highest BCUT2D eigenvalue weighted by atomic mass is 32.2. The fraction of sp³-hybridized carbons (Fsp3) is 0.833. The average Bonchev–Trinajstić information content (AvgIpc) is 2.94. The fourth-order valence-electron chi connectivity index (χ4n) is 3.62. The van der Waals surface area contributed by atoms with Crippen LogP contribution in [0.5, 0.6) is 0 Å². The van der Waals surface area contributed by atoms with E-state index in [1.807, 2.05) is 11.2 Å². The van der Waals surface area contributed by atoms with Gasteiger partial charge in [0.15, 0.2) is 0 Å². The zero-order valence-electron chi connectivity index (χ0n) is 16.3. The fourth-order valence-corrected chi connectivity index (χ4v) is 4.09. The number of primary amides is 1. The van der Waals surface area contributed by atoms with Gasteiger partial charge in [-0.1, -0.05) is 12.8 Å². The summed E-state index contributed by atoms with van der Waals surface area (Å²) in [5, 5.41) is 2.56. The molecule has 2 heterocycles. The highest BCUT2D eigenvalue weighted by molar-refractivity contribution is 7.98. The molecule has 9 heteroatoms. The molecule has 8 nitrogen and oxygen atoms in total. The number of rotatable bonds is 7. The van der Waals surface area contributed by atoms with Crippen LogP contribution < -0.4 is 11.1 Å². The number of piperazine rings is 1. The molecule has 27 heavy (non-hydrogen) atoms. The predicted molar refractivity (Wildman–Crippen MR) is 108 cm³/mol. The minimum absolute atomic E-state index is 0.0821. The van der Waals surface area contributed by atoms with E-state index in [0.29, 0.717) is 39.1 Å². The first-order valence-electron chi connectivity index (χ1n) is 9.85. The number of amides is 4. The minimum Gasteiger partial charge on any atom is -0.352 e. The maximum absolute atomic E-state index is 12.7. The van der Waals surface area contributed by atoms with Crippen LogP contribution in [0, 0.1) is 0 Å². The van der Waals surface area contributed by atoms with Crippen LogP contribution >= 0.6 is 11.8 Å². The standard InChI is InChI=1S/C18H33N5O3S/c1-27-13-6-15(20-18(19)26)17(25)23-11-9-21(10-12-23)14-16(24)22-7-4-2-3-5-8-22/h15H,2-14H2,1H3,(H3,19,20,26). The molecular weight excluding hydrogens is 366 g/mol. The van der Waals surface area contributed by atoms with Crippen LogP contribution in [0.4, 0.5) is 4.79 Å². The molecule has 0 aromatic carbocycles. The van der Waals surface area contributed by atoms with Gasteiger partial charge in [0.2, 0.25) is 11.8 Å². The van der Waals surface area contributed by atoms with E-state index in [0.717, 1.165) is 31.7 Å². The molecule has 0 bridgehead atoms. The third-order valence-corrected chi connectivity index (χ3v) is 5.87. The SMILES string of the molecule is CSCCC(NC(N)=O)C(=O)N1CCN(CC(=O)N2CCCCCC2)CC1. The third kappa shape index (κ3) is 7.21. The Labute approximate surface area is 166 Å². The van der Waals surface area contributed by atoms with Gasteiger partial charge in [0, 0.05) is 39.3 Å². The summed E-state index contributed by atoms with van der Waals surface area (Å²) in [6.45, 7) is 4.66. The van der Waals surface area contributed by atoms with Crippen LogP contribution in [0.25, 0.3) is 0 Å². The average molecular weight is 400 g/mol. The Balaban J connectivity index is 1.79. The number of nitrogens with zero attached hydrogens (tertiary/aromatic N) is 3. The molecule has 2 aliphatic rings. The number of nitrogens with two attached hydrogens (primary N) is 1. The lowest BCUT2D eigenvalue weighted by Crippen LogP contribution is -2.56. The van der Waals surface area contributed by atoms with Crippen molar-refractivity contribution in [2.75, 3.05) is 57.8 Å². The monoisotopic (exact) mass is 399 g/mol. The van der Waals surface area contributed by atoms with Crippen LogP contribution in [0.15, 0.2) is 0 Å². The molecule has 0 spiro atoms. The molecule has 2 aliphatic heterocycles. The molecule has 4 amide bonds. The second-order valence-electron chi connectivity index (χ2n) is 7.24. The number of hydrogen-bond donors (Lipinski definition) is 2. The summed E-state index contributed by atoms with van der Waals surface area (Å²) in [5.74, 6) is 0.896. The van der Waals surface area contributed by atoms with Crippen LogP contribution in [0.3, 0.4) is 0 Å². The van der Waals surface area contributed by atoms with E-state index < -0.39 is 12.1 Å². The van der Waals surface area contributed by atoms with Gasteiger partial charge in [-0.2, -0.15) is 11.8 Å². The van der Waals surface area contributed by atoms with Gasteiger partial charge in [-0.05, 0) is 31.3 Å². The van der Waals surface area contributed by atoms with Crippen molar-refractivity contribution in [3.8, 4) is 0 Å². The quantitative estimate of drug-likeness (QED) is 0.642. The summed E-state index contributed by atoms with van der Waals surface area (Å²) >= 11 is 1.63. The molecule has 0 radical (unpaired) electrons. The Morgan fingerprint density at radius 3 is 2.15 bits per heavy atom. The second-order valence-corrected chi connectivity index (χ2v) is 8.22. The van der Waals surface area contributed by atoms with Crippen molar-refractivity contribution in [3.63, 3.8) is 0 Å².